The van der Waals surface area contributed by atoms with E-state index in [4.69, 9.17) is 0 Å². The fourth-order valence-corrected chi connectivity index (χ4v) is 1.94. The van der Waals surface area contributed by atoms with Gasteiger partial charge in [-0.3, -0.25) is 4.68 Å². The first-order chi connectivity index (χ1) is 8.08. The van der Waals surface area contributed by atoms with E-state index in [2.05, 4.69) is 38.0 Å². The van der Waals surface area contributed by atoms with E-state index in [1.807, 2.05) is 31.8 Å². The molecular weight excluding hydrogens is 218 g/mol. The molecule has 7 heteroatoms. The van der Waals surface area contributed by atoms with Crippen LogP contribution in [0.1, 0.15) is 43.0 Å². The van der Waals surface area contributed by atoms with Crippen molar-refractivity contribution < 1.29 is 0 Å². The van der Waals surface area contributed by atoms with Crippen molar-refractivity contribution in [3.05, 3.63) is 23.3 Å². The van der Waals surface area contributed by atoms with Gasteiger partial charge < -0.3 is 5.32 Å². The lowest BCUT2D eigenvalue weighted by Gasteiger charge is -2.16. The highest BCUT2D eigenvalue weighted by Gasteiger charge is 2.17. The van der Waals surface area contributed by atoms with Gasteiger partial charge in [0, 0.05) is 24.8 Å². The molecule has 0 aliphatic carbocycles. The van der Waals surface area contributed by atoms with E-state index in [1.54, 1.807) is 0 Å². The third-order valence-electron chi connectivity index (χ3n) is 2.77. The van der Waals surface area contributed by atoms with Crippen LogP contribution in [-0.4, -0.2) is 30.4 Å². The molecule has 0 bridgehead atoms. The summed E-state index contributed by atoms with van der Waals surface area (Å²) in [5.41, 5.74) is 2.22. The van der Waals surface area contributed by atoms with Gasteiger partial charge in [-0.05, 0) is 20.8 Å². The molecule has 2 atom stereocenters. The molecule has 0 radical (unpaired) electrons. The van der Waals surface area contributed by atoms with Gasteiger partial charge in [-0.1, -0.05) is 5.21 Å². The second-order valence-corrected chi connectivity index (χ2v) is 4.22. The molecule has 0 fully saturated rings. The number of aryl methyl sites for hydroxylation is 2. The van der Waals surface area contributed by atoms with Crippen molar-refractivity contribution in [1.82, 2.24) is 35.7 Å². The third-order valence-corrected chi connectivity index (χ3v) is 2.77. The first-order valence-corrected chi connectivity index (χ1v) is 5.57. The molecule has 0 saturated heterocycles. The summed E-state index contributed by atoms with van der Waals surface area (Å²) in [4.78, 5) is 0. The number of nitrogens with one attached hydrogen (secondary N) is 2. The van der Waals surface area contributed by atoms with Crippen LogP contribution in [0.4, 0.5) is 0 Å². The van der Waals surface area contributed by atoms with Crippen LogP contribution in [0.5, 0.6) is 0 Å². The largest absolute Gasteiger partial charge is 0.301 e. The number of tetrazole rings is 1. The molecule has 2 heterocycles. The molecule has 0 aromatic carbocycles. The summed E-state index contributed by atoms with van der Waals surface area (Å²) in [6.07, 6.45) is 2.02. The highest BCUT2D eigenvalue weighted by molar-refractivity contribution is 5.19. The molecule has 7 nitrogen and oxygen atoms in total. The van der Waals surface area contributed by atoms with Gasteiger partial charge in [0.25, 0.3) is 0 Å². The van der Waals surface area contributed by atoms with Crippen LogP contribution >= 0.6 is 0 Å². The van der Waals surface area contributed by atoms with Crippen molar-refractivity contribution in [1.29, 1.82) is 0 Å². The van der Waals surface area contributed by atoms with Crippen LogP contribution < -0.4 is 5.32 Å². The lowest BCUT2D eigenvalue weighted by atomic mass is 10.1. The molecule has 17 heavy (non-hydrogen) atoms. The Bertz CT molecular complexity index is 473. The Morgan fingerprint density at radius 2 is 2.12 bits per heavy atom. The summed E-state index contributed by atoms with van der Waals surface area (Å²) < 4.78 is 1.82. The van der Waals surface area contributed by atoms with E-state index in [-0.39, 0.29) is 12.1 Å². The van der Waals surface area contributed by atoms with Crippen LogP contribution in [0.2, 0.25) is 0 Å². The van der Waals surface area contributed by atoms with Crippen LogP contribution in [0.15, 0.2) is 6.20 Å². The number of hydrogen-bond donors (Lipinski definition) is 2. The minimum Gasteiger partial charge on any atom is -0.301 e. The maximum Gasteiger partial charge on any atom is 0.191 e. The Morgan fingerprint density at radius 3 is 2.65 bits per heavy atom. The standard InChI is InChI=1S/C10H17N7/c1-6(9-5-17(4)14-7(9)2)11-8(3)10-12-15-16-13-10/h5-6,8,11H,1-4H3,(H,12,13,15,16). The zero-order chi connectivity index (χ0) is 12.4. The van der Waals surface area contributed by atoms with E-state index in [9.17, 15) is 0 Å². The van der Waals surface area contributed by atoms with E-state index in [1.165, 1.54) is 5.56 Å². The van der Waals surface area contributed by atoms with Crippen molar-refractivity contribution in [2.75, 3.05) is 0 Å². The summed E-state index contributed by atoms with van der Waals surface area (Å²) >= 11 is 0. The first kappa shape index (κ1) is 11.7. The molecule has 0 spiro atoms. The third kappa shape index (κ3) is 2.50. The van der Waals surface area contributed by atoms with Gasteiger partial charge in [-0.15, -0.1) is 10.2 Å². The highest BCUT2D eigenvalue weighted by Crippen LogP contribution is 2.19. The van der Waals surface area contributed by atoms with E-state index in [0.717, 1.165) is 5.69 Å². The van der Waals surface area contributed by atoms with Gasteiger partial charge in [-0.2, -0.15) is 10.3 Å². The Kier molecular flexibility index (Phi) is 3.19. The van der Waals surface area contributed by atoms with Crippen LogP contribution in [0, 0.1) is 6.92 Å². The molecule has 0 aliphatic heterocycles. The average Bonchev–Trinajstić information content (AvgIpc) is 2.87. The zero-order valence-corrected chi connectivity index (χ0v) is 10.5. The molecular formula is C10H17N7. The smallest absolute Gasteiger partial charge is 0.191 e. The molecule has 2 unspecified atom stereocenters. The normalized spacial score (nSPS) is 14.8. The minimum absolute atomic E-state index is 0.0448. The number of aromatic amines is 1. The Balaban J connectivity index is 2.06. The van der Waals surface area contributed by atoms with Gasteiger partial charge in [0.15, 0.2) is 5.82 Å². The predicted octanol–water partition coefficient (Wildman–Crippen LogP) is 0.653. The molecule has 2 rings (SSSR count). The summed E-state index contributed by atoms with van der Waals surface area (Å²) in [6.45, 7) is 6.11. The Labute approximate surface area is 99.6 Å². The lowest BCUT2D eigenvalue weighted by Crippen LogP contribution is -2.23. The molecule has 2 aromatic rings. The van der Waals surface area contributed by atoms with E-state index >= 15 is 0 Å². The highest BCUT2D eigenvalue weighted by atomic mass is 15.5. The lowest BCUT2D eigenvalue weighted by molar-refractivity contribution is 0.475. The van der Waals surface area contributed by atoms with Gasteiger partial charge in [0.1, 0.15) is 0 Å². The number of rotatable bonds is 4. The van der Waals surface area contributed by atoms with Crippen molar-refractivity contribution in [2.45, 2.75) is 32.9 Å². The SMILES string of the molecule is Cc1nn(C)cc1C(C)NC(C)c1nn[nH]n1. The van der Waals surface area contributed by atoms with Crippen molar-refractivity contribution in [3.63, 3.8) is 0 Å². The minimum atomic E-state index is 0.0448. The van der Waals surface area contributed by atoms with Gasteiger partial charge in [0.2, 0.25) is 0 Å². The van der Waals surface area contributed by atoms with Crippen molar-refractivity contribution in [3.8, 4) is 0 Å². The second-order valence-electron chi connectivity index (χ2n) is 4.22. The van der Waals surface area contributed by atoms with Gasteiger partial charge in [-0.25, -0.2) is 0 Å². The van der Waals surface area contributed by atoms with Crippen LogP contribution in [-0.2, 0) is 7.05 Å². The molecule has 0 amide bonds. The molecule has 0 aliphatic rings. The summed E-state index contributed by atoms with van der Waals surface area (Å²) in [5.74, 6) is 0.665. The second kappa shape index (κ2) is 4.62. The molecule has 0 saturated carbocycles. The van der Waals surface area contributed by atoms with Crippen LogP contribution in [0.3, 0.4) is 0 Å². The quantitative estimate of drug-likeness (QED) is 0.813. The Hall–Kier alpha value is -1.76. The maximum atomic E-state index is 4.33. The average molecular weight is 235 g/mol. The van der Waals surface area contributed by atoms with Crippen molar-refractivity contribution in [2.24, 2.45) is 7.05 Å². The maximum absolute atomic E-state index is 4.33. The topological polar surface area (TPSA) is 84.3 Å². The van der Waals surface area contributed by atoms with Gasteiger partial charge in [0.05, 0.1) is 11.7 Å². The number of aromatic nitrogens is 6. The first-order valence-electron chi connectivity index (χ1n) is 5.57. The monoisotopic (exact) mass is 235 g/mol. The van der Waals surface area contributed by atoms with E-state index in [0.29, 0.717) is 5.82 Å². The molecule has 2 N–H and O–H groups in total. The van der Waals surface area contributed by atoms with Crippen LogP contribution in [0.25, 0.3) is 0 Å². The fourth-order valence-electron chi connectivity index (χ4n) is 1.94. The summed E-state index contributed by atoms with van der Waals surface area (Å²) in [6, 6.07) is 0.237. The summed E-state index contributed by atoms with van der Waals surface area (Å²) in [7, 11) is 1.92. The number of nitrogens with zero attached hydrogens (tertiary/aromatic N) is 5. The molecule has 92 valence electrons. The fraction of sp³-hybridized carbons (Fsp3) is 0.600. The number of H-pyrrole nitrogens is 1. The number of hydrogen-bond acceptors (Lipinski definition) is 5. The summed E-state index contributed by atoms with van der Waals surface area (Å²) in [5, 5.41) is 21.7. The van der Waals surface area contributed by atoms with Crippen molar-refractivity contribution >= 4 is 0 Å². The predicted molar refractivity (Wildman–Crippen MR) is 62.1 cm³/mol. The van der Waals surface area contributed by atoms with E-state index < -0.39 is 0 Å². The van der Waals surface area contributed by atoms with Gasteiger partial charge >= 0.3 is 0 Å². The molecule has 2 aromatic heterocycles. The zero-order valence-electron chi connectivity index (χ0n) is 10.5. The Morgan fingerprint density at radius 1 is 1.35 bits per heavy atom.